The van der Waals surface area contributed by atoms with Crippen molar-refractivity contribution in [1.29, 1.82) is 0 Å². The van der Waals surface area contributed by atoms with E-state index in [1.165, 1.54) is 4.57 Å². The first-order chi connectivity index (χ1) is 9.06. The van der Waals surface area contributed by atoms with Crippen LogP contribution in [0, 0.1) is 17.0 Å². The maximum absolute atomic E-state index is 11.3. The highest BCUT2D eigenvalue weighted by molar-refractivity contribution is 5.69. The Morgan fingerprint density at radius 1 is 1.42 bits per heavy atom. The van der Waals surface area contributed by atoms with E-state index in [0.717, 1.165) is 11.1 Å². The Bertz CT molecular complexity index is 646. The first-order valence-corrected chi connectivity index (χ1v) is 6.05. The quantitative estimate of drug-likeness (QED) is 0.613. The summed E-state index contributed by atoms with van der Waals surface area (Å²) >= 11 is 0. The Morgan fingerprint density at radius 3 is 2.74 bits per heavy atom. The lowest BCUT2D eigenvalue weighted by atomic mass is 10.1. The second-order valence-electron chi connectivity index (χ2n) is 4.73. The van der Waals surface area contributed by atoms with Crippen molar-refractivity contribution in [3.8, 4) is 17.3 Å². The molecular weight excluding hydrogens is 246 g/mol. The highest BCUT2D eigenvalue weighted by atomic mass is 16.6. The van der Waals surface area contributed by atoms with Crippen LogP contribution in [0.5, 0.6) is 6.01 Å². The molecule has 0 saturated carbocycles. The molecule has 6 heteroatoms. The maximum atomic E-state index is 11.3. The van der Waals surface area contributed by atoms with Gasteiger partial charge in [0.15, 0.2) is 5.69 Å². The highest BCUT2D eigenvalue weighted by Crippen LogP contribution is 2.36. The first kappa shape index (κ1) is 11.7. The van der Waals surface area contributed by atoms with Gasteiger partial charge < -0.3 is 14.9 Å². The van der Waals surface area contributed by atoms with Crippen LogP contribution in [0.4, 0.5) is 5.82 Å². The number of aromatic nitrogens is 2. The van der Waals surface area contributed by atoms with E-state index in [1.54, 1.807) is 0 Å². The van der Waals surface area contributed by atoms with Gasteiger partial charge in [-0.15, -0.1) is 0 Å². The second-order valence-corrected chi connectivity index (χ2v) is 4.73. The minimum atomic E-state index is -0.396. The molecule has 6 nitrogen and oxygen atoms in total. The second kappa shape index (κ2) is 4.08. The fourth-order valence-corrected chi connectivity index (χ4v) is 2.24. The van der Waals surface area contributed by atoms with Crippen molar-refractivity contribution in [1.82, 2.24) is 9.55 Å². The van der Waals surface area contributed by atoms with Crippen LogP contribution < -0.4 is 4.74 Å². The lowest BCUT2D eigenvalue weighted by Crippen LogP contribution is -2.10. The van der Waals surface area contributed by atoms with Crippen LogP contribution >= 0.6 is 0 Å². The number of ether oxygens (including phenoxy) is 1. The summed E-state index contributed by atoms with van der Waals surface area (Å²) in [7, 11) is 0. The topological polar surface area (TPSA) is 70.2 Å². The molecule has 1 unspecified atom stereocenters. The third-order valence-electron chi connectivity index (χ3n) is 3.15. The van der Waals surface area contributed by atoms with Crippen molar-refractivity contribution in [3.63, 3.8) is 0 Å². The first-order valence-electron chi connectivity index (χ1n) is 6.05. The van der Waals surface area contributed by atoms with E-state index in [9.17, 15) is 10.1 Å². The van der Waals surface area contributed by atoms with Gasteiger partial charge in [0.2, 0.25) is 0 Å². The molecule has 1 aliphatic rings. The molecule has 1 atom stereocenters. The van der Waals surface area contributed by atoms with Gasteiger partial charge in [-0.1, -0.05) is 29.8 Å². The summed E-state index contributed by atoms with van der Waals surface area (Å²) in [5, 5.41) is 11.3. The van der Waals surface area contributed by atoms with E-state index in [-0.39, 0.29) is 11.9 Å². The number of nitrogens with zero attached hydrogens (tertiary/aromatic N) is 3. The molecule has 0 amide bonds. The summed E-state index contributed by atoms with van der Waals surface area (Å²) in [4.78, 5) is 15.1. The van der Waals surface area contributed by atoms with Crippen LogP contribution in [0.3, 0.4) is 0 Å². The lowest BCUT2D eigenvalue weighted by molar-refractivity contribution is -0.391. The molecule has 0 bridgehead atoms. The zero-order valence-electron chi connectivity index (χ0n) is 10.7. The van der Waals surface area contributed by atoms with Crippen LogP contribution in [0.1, 0.15) is 12.5 Å². The van der Waals surface area contributed by atoms with Crippen molar-refractivity contribution in [2.24, 2.45) is 0 Å². The average molecular weight is 259 g/mol. The Labute approximate surface area is 109 Å². The number of hydrogen-bond donors (Lipinski definition) is 0. The number of rotatable bonds is 2. The Morgan fingerprint density at radius 2 is 2.11 bits per heavy atom. The maximum Gasteiger partial charge on any atom is 0.392 e. The molecule has 2 heterocycles. The third kappa shape index (κ3) is 1.85. The molecule has 3 rings (SSSR count). The van der Waals surface area contributed by atoms with Gasteiger partial charge in [0.05, 0.1) is 0 Å². The van der Waals surface area contributed by atoms with E-state index in [4.69, 9.17) is 4.74 Å². The Balaban J connectivity index is 2.15. The summed E-state index contributed by atoms with van der Waals surface area (Å²) in [5.41, 5.74) is 2.20. The molecule has 0 saturated heterocycles. The molecule has 0 N–H and O–H groups in total. The van der Waals surface area contributed by atoms with Crippen LogP contribution in [-0.4, -0.2) is 20.6 Å². The van der Waals surface area contributed by atoms with Gasteiger partial charge in [0, 0.05) is 5.56 Å². The summed E-state index contributed by atoms with van der Waals surface area (Å²) < 4.78 is 7.00. The summed E-state index contributed by atoms with van der Waals surface area (Å²) in [6, 6.07) is 7.82. The Hall–Kier alpha value is -2.37. The van der Waals surface area contributed by atoms with Crippen LogP contribution in [0.25, 0.3) is 11.3 Å². The van der Waals surface area contributed by atoms with E-state index >= 15 is 0 Å². The number of hydrogen-bond acceptors (Lipinski definition) is 4. The van der Waals surface area contributed by atoms with Crippen molar-refractivity contribution >= 4 is 5.82 Å². The molecular formula is C13H13N3O3. The molecule has 0 radical (unpaired) electrons. The van der Waals surface area contributed by atoms with Gasteiger partial charge in [0.25, 0.3) is 0 Å². The zero-order chi connectivity index (χ0) is 13.6. The molecule has 1 aromatic heterocycles. The average Bonchev–Trinajstić information content (AvgIpc) is 2.85. The standard InChI is InChI=1S/C13H13N3O3/c1-8-3-5-10(6-4-8)11-12(16(17)18)15-7-9(2)19-13(15)14-11/h3-6,9H,7H2,1-2H3. The van der Waals surface area contributed by atoms with Crippen molar-refractivity contribution in [2.45, 2.75) is 26.5 Å². The van der Waals surface area contributed by atoms with Crippen molar-refractivity contribution in [2.75, 3.05) is 0 Å². The van der Waals surface area contributed by atoms with Crippen LogP contribution in [0.15, 0.2) is 24.3 Å². The monoisotopic (exact) mass is 259 g/mol. The van der Waals surface area contributed by atoms with Gasteiger partial charge in [-0.3, -0.25) is 0 Å². The van der Waals surface area contributed by atoms with Gasteiger partial charge in [-0.2, -0.15) is 9.55 Å². The van der Waals surface area contributed by atoms with Gasteiger partial charge in [-0.25, -0.2) is 0 Å². The summed E-state index contributed by atoms with van der Waals surface area (Å²) in [5.74, 6) is 0.00297. The van der Waals surface area contributed by atoms with Crippen LogP contribution in [-0.2, 0) is 6.54 Å². The zero-order valence-corrected chi connectivity index (χ0v) is 10.7. The van der Waals surface area contributed by atoms with Crippen LogP contribution in [0.2, 0.25) is 0 Å². The molecule has 19 heavy (non-hydrogen) atoms. The third-order valence-corrected chi connectivity index (χ3v) is 3.15. The van der Waals surface area contributed by atoms with Gasteiger partial charge in [-0.05, 0) is 18.8 Å². The highest BCUT2D eigenvalue weighted by Gasteiger charge is 2.36. The minimum Gasteiger partial charge on any atom is -0.440 e. The van der Waals surface area contributed by atoms with E-state index in [0.29, 0.717) is 18.2 Å². The van der Waals surface area contributed by atoms with Crippen molar-refractivity contribution < 1.29 is 9.66 Å². The molecule has 0 spiro atoms. The molecule has 1 aliphatic heterocycles. The van der Waals surface area contributed by atoms with Gasteiger partial charge >= 0.3 is 11.8 Å². The van der Waals surface area contributed by atoms with E-state index < -0.39 is 4.92 Å². The molecule has 0 aliphatic carbocycles. The SMILES string of the molecule is Cc1ccc(-c2nc3n(c2[N+](=O)[O-])CC(C)O3)cc1. The van der Waals surface area contributed by atoms with E-state index in [1.807, 2.05) is 38.1 Å². The number of aryl methyl sites for hydroxylation is 1. The minimum absolute atomic E-state index is 0.00297. The molecule has 1 aromatic carbocycles. The number of imidazole rings is 1. The normalized spacial score (nSPS) is 17.1. The predicted octanol–water partition coefficient (Wildman–Crippen LogP) is 2.55. The predicted molar refractivity (Wildman–Crippen MR) is 69.1 cm³/mol. The smallest absolute Gasteiger partial charge is 0.392 e. The molecule has 2 aromatic rings. The fraction of sp³-hybridized carbons (Fsp3) is 0.308. The molecule has 0 fully saturated rings. The number of fused-ring (bicyclic) bond motifs is 1. The fourth-order valence-electron chi connectivity index (χ4n) is 2.24. The van der Waals surface area contributed by atoms with Crippen molar-refractivity contribution in [3.05, 3.63) is 39.9 Å². The Kier molecular flexibility index (Phi) is 2.51. The summed E-state index contributed by atoms with van der Waals surface area (Å²) in [6.45, 7) is 4.30. The molecule has 98 valence electrons. The number of nitro groups is 1. The largest absolute Gasteiger partial charge is 0.440 e. The van der Waals surface area contributed by atoms with E-state index in [2.05, 4.69) is 4.98 Å². The lowest BCUT2D eigenvalue weighted by Gasteiger charge is -2.02. The summed E-state index contributed by atoms with van der Waals surface area (Å²) in [6.07, 6.45) is -0.0757. The van der Waals surface area contributed by atoms with Gasteiger partial charge in [0.1, 0.15) is 12.6 Å². The number of benzene rings is 1.